The Balaban J connectivity index is 1.50. The van der Waals surface area contributed by atoms with E-state index >= 15 is 0 Å². The Morgan fingerprint density at radius 3 is 2.12 bits per heavy atom. The number of anilines is 1. The Morgan fingerprint density at radius 1 is 0.912 bits per heavy atom. The van der Waals surface area contributed by atoms with Gasteiger partial charge in [-0.3, -0.25) is 10.2 Å². The predicted molar refractivity (Wildman–Crippen MR) is 139 cm³/mol. The number of ketones is 1. The molecule has 1 saturated heterocycles. The average Bonchev–Trinajstić information content (AvgIpc) is 3.33. The Labute approximate surface area is 202 Å². The zero-order chi connectivity index (χ0) is 23.7. The molecule has 5 rings (SSSR count). The molecule has 3 aromatic carbocycles. The first-order valence-corrected chi connectivity index (χ1v) is 12.2. The van der Waals surface area contributed by atoms with Crippen LogP contribution in [0.25, 0.3) is 0 Å². The van der Waals surface area contributed by atoms with Crippen molar-refractivity contribution in [2.75, 3.05) is 32.1 Å². The molecule has 0 aromatic heterocycles. The van der Waals surface area contributed by atoms with Crippen LogP contribution in [0.2, 0.25) is 0 Å². The fraction of sp³-hybridized carbons (Fsp3) is 0.333. The van der Waals surface area contributed by atoms with Crippen molar-refractivity contribution in [3.63, 3.8) is 0 Å². The number of fused-ring (bicyclic) bond motifs is 1. The summed E-state index contributed by atoms with van der Waals surface area (Å²) in [6, 6.07) is 29.7. The van der Waals surface area contributed by atoms with Gasteiger partial charge in [-0.2, -0.15) is 0 Å². The lowest BCUT2D eigenvalue weighted by molar-refractivity contribution is -0.126. The number of rotatable bonds is 5. The molecular formula is C30H33N3O. The fourth-order valence-electron chi connectivity index (χ4n) is 6.28. The Morgan fingerprint density at radius 2 is 1.50 bits per heavy atom. The smallest absolute Gasteiger partial charge is 0.138 e. The quantitative estimate of drug-likeness (QED) is 0.430. The molecule has 1 heterocycles. The molecule has 1 aliphatic carbocycles. The molecule has 3 aromatic rings. The summed E-state index contributed by atoms with van der Waals surface area (Å²) in [5.41, 5.74) is 4.65. The second kappa shape index (κ2) is 9.09. The molecule has 1 aliphatic heterocycles. The molecule has 2 atom stereocenters. The highest BCUT2D eigenvalue weighted by Crippen LogP contribution is 2.52. The minimum absolute atomic E-state index is 0.0430. The van der Waals surface area contributed by atoms with E-state index in [4.69, 9.17) is 5.41 Å². The number of Topliss-reactive ketones (excluding diaryl/α,β-unsaturated/α-hetero) is 1. The standard InChI is InChI=1S/C30H33N3O/c1-32(2)27-16-10-9-11-22(27)19-29(31)33-20-25-26(21-33)30(18-17-28(25)34,23-12-5-3-6-13-23)24-14-7-4-8-15-24/h3-16,25-26,31H,17-21H2,1-2H3/t25-,26+/m0/s1. The summed E-state index contributed by atoms with van der Waals surface area (Å²) in [6.45, 7) is 1.39. The lowest BCUT2D eigenvalue weighted by Crippen LogP contribution is -2.47. The van der Waals surface area contributed by atoms with Crippen molar-refractivity contribution in [3.05, 3.63) is 102 Å². The molecule has 0 unspecified atom stereocenters. The molecule has 34 heavy (non-hydrogen) atoms. The first-order valence-electron chi connectivity index (χ1n) is 12.2. The first kappa shape index (κ1) is 22.4. The van der Waals surface area contributed by atoms with Gasteiger partial charge in [0.25, 0.3) is 0 Å². The van der Waals surface area contributed by atoms with Gasteiger partial charge in [0.15, 0.2) is 0 Å². The van der Waals surface area contributed by atoms with E-state index in [0.29, 0.717) is 31.0 Å². The second-order valence-corrected chi connectivity index (χ2v) is 9.93. The van der Waals surface area contributed by atoms with E-state index in [1.807, 2.05) is 26.2 Å². The predicted octanol–water partition coefficient (Wildman–Crippen LogP) is 5.17. The van der Waals surface area contributed by atoms with Gasteiger partial charge in [0.2, 0.25) is 0 Å². The van der Waals surface area contributed by atoms with Gasteiger partial charge >= 0.3 is 0 Å². The van der Waals surface area contributed by atoms with Crippen molar-refractivity contribution < 1.29 is 4.79 Å². The summed E-state index contributed by atoms with van der Waals surface area (Å²) < 4.78 is 0. The SMILES string of the molecule is CN(C)c1ccccc1CC(=N)N1C[C@@H]2C(=O)CCC(c3ccccc3)(c3ccccc3)[C@@H]2C1. The number of carbonyl (C=O) groups is 1. The van der Waals surface area contributed by atoms with E-state index in [1.54, 1.807) is 0 Å². The zero-order valence-corrected chi connectivity index (χ0v) is 20.1. The topological polar surface area (TPSA) is 47.4 Å². The van der Waals surface area contributed by atoms with Crippen molar-refractivity contribution in [1.82, 2.24) is 4.90 Å². The number of nitrogens with zero attached hydrogens (tertiary/aromatic N) is 2. The van der Waals surface area contributed by atoms with E-state index < -0.39 is 0 Å². The number of carbonyl (C=O) groups excluding carboxylic acids is 1. The minimum Gasteiger partial charge on any atom is -0.377 e. The van der Waals surface area contributed by atoms with Crippen LogP contribution in [0.5, 0.6) is 0 Å². The zero-order valence-electron chi connectivity index (χ0n) is 20.1. The Kier molecular flexibility index (Phi) is 5.99. The van der Waals surface area contributed by atoms with Crippen molar-refractivity contribution in [2.45, 2.75) is 24.7 Å². The minimum atomic E-state index is -0.211. The van der Waals surface area contributed by atoms with Crippen LogP contribution in [0, 0.1) is 17.2 Å². The third-order valence-corrected chi connectivity index (χ3v) is 7.92. The largest absolute Gasteiger partial charge is 0.377 e. The molecule has 1 N–H and O–H groups in total. The van der Waals surface area contributed by atoms with E-state index in [2.05, 4.69) is 82.6 Å². The van der Waals surface area contributed by atoms with Gasteiger partial charge in [-0.1, -0.05) is 78.9 Å². The van der Waals surface area contributed by atoms with Crippen LogP contribution in [0.4, 0.5) is 5.69 Å². The molecule has 0 spiro atoms. The summed E-state index contributed by atoms with van der Waals surface area (Å²) >= 11 is 0. The highest BCUT2D eigenvalue weighted by Gasteiger charge is 2.54. The van der Waals surface area contributed by atoms with Crippen LogP contribution in [-0.2, 0) is 16.6 Å². The molecule has 174 valence electrons. The highest BCUT2D eigenvalue weighted by atomic mass is 16.1. The number of nitrogens with one attached hydrogen (secondary N) is 1. The summed E-state index contributed by atoms with van der Waals surface area (Å²) in [5.74, 6) is 1.07. The first-order chi connectivity index (χ1) is 16.5. The van der Waals surface area contributed by atoms with E-state index in [0.717, 1.165) is 24.2 Å². The van der Waals surface area contributed by atoms with E-state index in [9.17, 15) is 4.79 Å². The summed E-state index contributed by atoms with van der Waals surface area (Å²) in [4.78, 5) is 17.5. The summed E-state index contributed by atoms with van der Waals surface area (Å²) in [6.07, 6.45) is 1.99. The van der Waals surface area contributed by atoms with E-state index in [1.165, 1.54) is 11.1 Å². The van der Waals surface area contributed by atoms with Crippen molar-refractivity contribution in [1.29, 1.82) is 5.41 Å². The molecule has 1 saturated carbocycles. The number of amidine groups is 1. The number of para-hydroxylation sites is 1. The normalized spacial score (nSPS) is 21.2. The van der Waals surface area contributed by atoms with Gasteiger partial charge in [-0.05, 0) is 29.2 Å². The van der Waals surface area contributed by atoms with E-state index in [-0.39, 0.29) is 17.3 Å². The maximum Gasteiger partial charge on any atom is 0.138 e. The van der Waals surface area contributed by atoms with Crippen LogP contribution in [0.3, 0.4) is 0 Å². The molecule has 4 heteroatoms. The van der Waals surface area contributed by atoms with Crippen molar-refractivity contribution >= 4 is 17.3 Å². The Hall–Kier alpha value is -3.40. The average molecular weight is 452 g/mol. The van der Waals surface area contributed by atoms with Gasteiger partial charge in [-0.15, -0.1) is 0 Å². The van der Waals surface area contributed by atoms with Crippen LogP contribution < -0.4 is 4.90 Å². The molecule has 4 nitrogen and oxygen atoms in total. The number of likely N-dealkylation sites (tertiary alicyclic amines) is 1. The number of hydrogen-bond acceptors (Lipinski definition) is 3. The lowest BCUT2D eigenvalue weighted by atomic mass is 9.56. The molecule has 0 radical (unpaired) electrons. The van der Waals surface area contributed by atoms with Crippen molar-refractivity contribution in [2.24, 2.45) is 11.8 Å². The highest BCUT2D eigenvalue weighted by molar-refractivity contribution is 5.88. The van der Waals surface area contributed by atoms with Crippen LogP contribution in [0.1, 0.15) is 29.5 Å². The van der Waals surface area contributed by atoms with Gasteiger partial charge in [0, 0.05) is 63.0 Å². The number of benzene rings is 3. The van der Waals surface area contributed by atoms with Crippen LogP contribution in [0.15, 0.2) is 84.9 Å². The van der Waals surface area contributed by atoms with Crippen LogP contribution in [-0.4, -0.2) is 43.7 Å². The summed E-state index contributed by atoms with van der Waals surface area (Å²) in [7, 11) is 4.08. The summed E-state index contributed by atoms with van der Waals surface area (Å²) in [5, 5.41) is 9.01. The molecule has 0 amide bonds. The second-order valence-electron chi connectivity index (χ2n) is 9.93. The third kappa shape index (κ3) is 3.81. The third-order valence-electron chi connectivity index (χ3n) is 7.92. The maximum absolute atomic E-state index is 13.2. The molecular weight excluding hydrogens is 418 g/mol. The van der Waals surface area contributed by atoms with Gasteiger partial charge in [0.1, 0.15) is 11.6 Å². The van der Waals surface area contributed by atoms with Gasteiger partial charge in [-0.25, -0.2) is 0 Å². The van der Waals surface area contributed by atoms with Gasteiger partial charge < -0.3 is 9.80 Å². The maximum atomic E-state index is 13.2. The van der Waals surface area contributed by atoms with Gasteiger partial charge in [0.05, 0.1) is 0 Å². The van der Waals surface area contributed by atoms with Crippen molar-refractivity contribution in [3.8, 4) is 0 Å². The number of hydrogen-bond donors (Lipinski definition) is 1. The molecule has 2 aliphatic rings. The molecule has 0 bridgehead atoms. The Bertz CT molecular complexity index is 1130. The fourth-order valence-corrected chi connectivity index (χ4v) is 6.28. The monoisotopic (exact) mass is 451 g/mol. The molecule has 2 fully saturated rings. The van der Waals surface area contributed by atoms with Crippen LogP contribution >= 0.6 is 0 Å². The lowest BCUT2D eigenvalue weighted by Gasteiger charge is -2.45.